The molecule has 0 bridgehead atoms. The minimum absolute atomic E-state index is 0.402. The molecule has 1 heterocycles. The Labute approximate surface area is 391 Å². The zero-order valence-electron chi connectivity index (χ0n) is 36.8. The van der Waals surface area contributed by atoms with E-state index in [1.165, 1.54) is 6.92 Å². The smallest absolute Gasteiger partial charge is 0.212 e. The molecule has 1 aliphatic heterocycles. The highest BCUT2D eigenvalue weighted by molar-refractivity contribution is 7.89. The van der Waals surface area contributed by atoms with Gasteiger partial charge in [-0.2, -0.15) is 21.5 Å². The van der Waals surface area contributed by atoms with Crippen molar-refractivity contribution in [2.45, 2.75) is 41.7 Å². The summed E-state index contributed by atoms with van der Waals surface area (Å²) in [5.41, 5.74) is 2.23. The highest BCUT2D eigenvalue weighted by atomic mass is 32.2. The van der Waals surface area contributed by atoms with E-state index >= 15 is 0 Å². The number of rotatable bonds is 15. The van der Waals surface area contributed by atoms with Gasteiger partial charge in [0.1, 0.15) is 0 Å². The average Bonchev–Trinajstić information content (AvgIpc) is 3.27. The first-order chi connectivity index (χ1) is 31.3. The topological polar surface area (TPSA) is 187 Å². The predicted octanol–water partition coefficient (Wildman–Crippen LogP) is 4.55. The lowest BCUT2D eigenvalue weighted by atomic mass is 10.2. The van der Waals surface area contributed by atoms with E-state index in [-0.39, 0.29) is 0 Å². The molecule has 5 aromatic carbocycles. The van der Waals surface area contributed by atoms with E-state index in [0.29, 0.717) is 27.8 Å². The third kappa shape index (κ3) is 14.6. The van der Waals surface area contributed by atoms with Crippen LogP contribution in [-0.2, 0) is 78.9 Å². The summed E-state index contributed by atoms with van der Waals surface area (Å²) >= 11 is 0. The van der Waals surface area contributed by atoms with Crippen molar-refractivity contribution in [2.24, 2.45) is 0 Å². The molecule has 0 radical (unpaired) electrons. The van der Waals surface area contributed by atoms with Crippen molar-refractivity contribution in [1.29, 1.82) is 0 Å². The average molecular weight is 1000 g/mol. The van der Waals surface area contributed by atoms with Crippen LogP contribution in [0.25, 0.3) is 0 Å². The molecule has 0 amide bonds. The Hall–Kier alpha value is -4.35. The first kappa shape index (κ1) is 51.0. The molecule has 0 saturated carbocycles. The minimum Gasteiger partial charge on any atom is -0.212 e. The summed E-state index contributed by atoms with van der Waals surface area (Å²) in [6.45, 7) is -2.12. The molecule has 66 heavy (non-hydrogen) atoms. The van der Waals surface area contributed by atoms with Gasteiger partial charge in [-0.25, -0.2) is 42.1 Å². The van der Waals surface area contributed by atoms with Crippen LogP contribution in [0.5, 0.6) is 0 Å². The van der Waals surface area contributed by atoms with Crippen molar-refractivity contribution in [1.82, 2.24) is 21.5 Å². The lowest BCUT2D eigenvalue weighted by Gasteiger charge is -2.34. The number of nitrogens with zero attached hydrogens (tertiary/aromatic N) is 5. The lowest BCUT2D eigenvalue weighted by molar-refractivity contribution is 0.255. The van der Waals surface area contributed by atoms with Crippen LogP contribution in [0.1, 0.15) is 34.7 Å². The fraction of sp³-hybridized carbons (Fsp3) is 0.348. The number of sulfonamides is 5. The third-order valence-electron chi connectivity index (χ3n) is 11.2. The second kappa shape index (κ2) is 22.6. The van der Waals surface area contributed by atoms with E-state index in [1.807, 2.05) is 0 Å². The third-order valence-corrected chi connectivity index (χ3v) is 20.5. The molecule has 1 aliphatic rings. The van der Waals surface area contributed by atoms with Gasteiger partial charge in [0.25, 0.3) is 0 Å². The quantitative estimate of drug-likeness (QED) is 0.144. The van der Waals surface area contributed by atoms with Gasteiger partial charge in [-0.3, -0.25) is 0 Å². The van der Waals surface area contributed by atoms with Crippen molar-refractivity contribution < 1.29 is 42.1 Å². The fourth-order valence-corrected chi connectivity index (χ4v) is 15.7. The second-order valence-corrected chi connectivity index (χ2v) is 26.0. The summed E-state index contributed by atoms with van der Waals surface area (Å²) in [6.07, 6.45) is 0. The maximum Gasteiger partial charge on any atom is 0.218 e. The van der Waals surface area contributed by atoms with Crippen molar-refractivity contribution in [3.05, 3.63) is 179 Å². The molecule has 0 aliphatic carbocycles. The van der Waals surface area contributed by atoms with Gasteiger partial charge in [0.2, 0.25) is 50.1 Å². The van der Waals surface area contributed by atoms with Gasteiger partial charge in [0, 0.05) is 64.9 Å². The highest BCUT2D eigenvalue weighted by Gasteiger charge is 2.36. The molecule has 1 unspecified atom stereocenters. The normalized spacial score (nSPS) is 18.3. The Morgan fingerprint density at radius 1 is 0.318 bits per heavy atom. The number of benzene rings is 5. The van der Waals surface area contributed by atoms with Gasteiger partial charge in [-0.15, -0.1) is 0 Å². The van der Waals surface area contributed by atoms with Crippen LogP contribution in [0, 0.1) is 0 Å². The van der Waals surface area contributed by atoms with Gasteiger partial charge in [0.15, 0.2) is 0 Å². The standard InChI is InChI=1S/C46H57N5O10S5/c1-41-35-50(65(58,59)39-45-23-13-5-14-24-45)32-31-48(63(54,55)37-43-19-9-3-10-20-43)28-27-47(62(52,53)36-42-17-7-2-8-18-42)29-30-49(64(56,57)38-44-21-11-4-12-22-44)33-34-51(41)66(60,61)40-46-25-15-6-16-26-46/h2-26,41H,27-40H2,1H3. The summed E-state index contributed by atoms with van der Waals surface area (Å²) in [4.78, 5) is 0. The van der Waals surface area contributed by atoms with Crippen LogP contribution in [0.4, 0.5) is 0 Å². The van der Waals surface area contributed by atoms with Crippen molar-refractivity contribution >= 4 is 50.1 Å². The van der Waals surface area contributed by atoms with Crippen LogP contribution in [-0.4, -0.2) is 129 Å². The van der Waals surface area contributed by atoms with Crippen LogP contribution in [0.3, 0.4) is 0 Å². The number of hydrogen-bond donors (Lipinski definition) is 0. The maximum absolute atomic E-state index is 14.6. The summed E-state index contributed by atoms with van der Waals surface area (Å²) in [6, 6.07) is 40.8. The summed E-state index contributed by atoms with van der Waals surface area (Å²) in [5.74, 6) is -2.40. The summed E-state index contributed by atoms with van der Waals surface area (Å²) in [5, 5.41) is 0. The Bertz CT molecular complexity index is 2890. The zero-order valence-corrected chi connectivity index (χ0v) is 40.9. The van der Waals surface area contributed by atoms with Crippen molar-refractivity contribution in [2.75, 3.05) is 58.9 Å². The SMILES string of the molecule is CC1CN(S(=O)(=O)Cc2ccccc2)CCN(S(=O)(=O)Cc2ccccc2)CCN(S(=O)(=O)Cc2ccccc2)CCN(S(=O)(=O)Cc2ccccc2)CCN1S(=O)(=O)Cc1ccccc1. The first-order valence-corrected chi connectivity index (χ1v) is 29.5. The first-order valence-electron chi connectivity index (χ1n) is 21.4. The molecular formula is C46H57N5O10S5. The Balaban J connectivity index is 1.47. The van der Waals surface area contributed by atoms with E-state index in [2.05, 4.69) is 0 Å². The van der Waals surface area contributed by atoms with Crippen LogP contribution >= 0.6 is 0 Å². The Morgan fingerprint density at radius 2 is 0.530 bits per heavy atom. The largest absolute Gasteiger partial charge is 0.218 e. The van der Waals surface area contributed by atoms with Crippen molar-refractivity contribution in [3.63, 3.8) is 0 Å². The predicted molar refractivity (Wildman–Crippen MR) is 258 cm³/mol. The Morgan fingerprint density at radius 3 is 0.803 bits per heavy atom. The molecule has 15 nitrogen and oxygen atoms in total. The molecule has 0 aromatic heterocycles. The van der Waals surface area contributed by atoms with E-state index in [1.54, 1.807) is 152 Å². The molecule has 0 N–H and O–H groups in total. The molecule has 1 saturated heterocycles. The van der Waals surface area contributed by atoms with Crippen molar-refractivity contribution in [3.8, 4) is 0 Å². The summed E-state index contributed by atoms with van der Waals surface area (Å²) in [7, 11) is -21.4. The monoisotopic (exact) mass is 999 g/mol. The van der Waals surface area contributed by atoms with Gasteiger partial charge >= 0.3 is 0 Å². The van der Waals surface area contributed by atoms with Gasteiger partial charge in [-0.1, -0.05) is 152 Å². The molecule has 1 fully saturated rings. The molecule has 0 spiro atoms. The second-order valence-electron chi connectivity index (χ2n) is 16.2. The zero-order chi connectivity index (χ0) is 47.4. The van der Waals surface area contributed by atoms with Crippen LogP contribution < -0.4 is 0 Å². The Kier molecular flexibility index (Phi) is 17.5. The molecule has 20 heteroatoms. The van der Waals surface area contributed by atoms with Gasteiger partial charge in [-0.05, 0) is 34.7 Å². The van der Waals surface area contributed by atoms with Crippen LogP contribution in [0.15, 0.2) is 152 Å². The lowest BCUT2D eigenvalue weighted by Crippen LogP contribution is -2.51. The van der Waals surface area contributed by atoms with E-state index < -0.39 is 144 Å². The van der Waals surface area contributed by atoms with E-state index in [4.69, 9.17) is 0 Å². The van der Waals surface area contributed by atoms with E-state index in [9.17, 15) is 42.1 Å². The molecule has 356 valence electrons. The van der Waals surface area contributed by atoms with Crippen LogP contribution in [0.2, 0.25) is 0 Å². The fourth-order valence-electron chi connectivity index (χ4n) is 7.78. The van der Waals surface area contributed by atoms with Gasteiger partial charge in [0.05, 0.1) is 28.8 Å². The molecule has 5 aromatic rings. The maximum atomic E-state index is 14.6. The number of hydrogen-bond acceptors (Lipinski definition) is 10. The summed E-state index contributed by atoms with van der Waals surface area (Å²) < 4.78 is 150. The molecular weight excluding hydrogens is 943 g/mol. The molecule has 6 rings (SSSR count). The molecule has 1 atom stereocenters. The van der Waals surface area contributed by atoms with E-state index in [0.717, 1.165) is 21.5 Å². The highest BCUT2D eigenvalue weighted by Crippen LogP contribution is 2.22. The minimum atomic E-state index is -4.31. The van der Waals surface area contributed by atoms with Gasteiger partial charge < -0.3 is 0 Å².